The minimum absolute atomic E-state index is 0.110. The number of aryl methyl sites for hydroxylation is 2. The first-order chi connectivity index (χ1) is 19.5. The number of aromatic nitrogens is 2. The first-order valence-corrected chi connectivity index (χ1v) is 13.2. The van der Waals surface area contributed by atoms with Gasteiger partial charge in [0.15, 0.2) is 5.82 Å². The van der Waals surface area contributed by atoms with Crippen molar-refractivity contribution in [1.29, 1.82) is 0 Å². The largest absolute Gasteiger partial charge is 0.489 e. The molecule has 5 N–H and O–H groups in total. The topological polar surface area (TPSA) is 146 Å². The maximum atomic E-state index is 12.6. The average Bonchev–Trinajstić information content (AvgIpc) is 3.37. The van der Waals surface area contributed by atoms with E-state index in [0.29, 0.717) is 28.2 Å². The maximum absolute atomic E-state index is 12.6. The minimum Gasteiger partial charge on any atom is -0.489 e. The SMILES string of the molecule is Cc1cc(C)cc(NC(=O)Nc2ccc(-c3ccc(OCCN4C(=O)N(C)C(C)(C)C4=O)c4[nH]nc(N)c34)cc2)c1. The van der Waals surface area contributed by atoms with Crippen molar-refractivity contribution < 1.29 is 19.1 Å². The fraction of sp³-hybridized carbons (Fsp3) is 0.267. The van der Waals surface area contributed by atoms with Crippen LogP contribution in [0.1, 0.15) is 25.0 Å². The van der Waals surface area contributed by atoms with Gasteiger partial charge >= 0.3 is 12.1 Å². The highest BCUT2D eigenvalue weighted by Crippen LogP contribution is 2.37. The Kier molecular flexibility index (Phi) is 7.04. The Bertz CT molecular complexity index is 1640. The van der Waals surface area contributed by atoms with Gasteiger partial charge in [0.25, 0.3) is 5.91 Å². The van der Waals surface area contributed by atoms with Crippen molar-refractivity contribution in [2.75, 3.05) is 36.6 Å². The molecule has 0 spiro atoms. The van der Waals surface area contributed by atoms with Crippen LogP contribution >= 0.6 is 0 Å². The van der Waals surface area contributed by atoms with Gasteiger partial charge in [-0.15, -0.1) is 0 Å². The summed E-state index contributed by atoms with van der Waals surface area (Å²) in [5, 5.41) is 13.5. The molecule has 4 aromatic rings. The van der Waals surface area contributed by atoms with E-state index in [2.05, 4.69) is 20.8 Å². The van der Waals surface area contributed by atoms with Gasteiger partial charge in [-0.2, -0.15) is 5.10 Å². The van der Waals surface area contributed by atoms with Crippen molar-refractivity contribution in [2.45, 2.75) is 33.2 Å². The fourth-order valence-corrected chi connectivity index (χ4v) is 4.99. The van der Waals surface area contributed by atoms with E-state index < -0.39 is 5.54 Å². The Morgan fingerprint density at radius 2 is 1.66 bits per heavy atom. The highest BCUT2D eigenvalue weighted by molar-refractivity contribution is 6.07. The molecule has 11 heteroatoms. The molecule has 0 atom stereocenters. The number of aromatic amines is 1. The van der Waals surface area contributed by atoms with Gasteiger partial charge in [0.2, 0.25) is 0 Å². The number of rotatable bonds is 7. The summed E-state index contributed by atoms with van der Waals surface area (Å²) < 4.78 is 5.97. The molecule has 0 radical (unpaired) electrons. The molecule has 5 rings (SSSR count). The number of carbonyl (C=O) groups excluding carboxylic acids is 3. The van der Waals surface area contributed by atoms with E-state index in [1.807, 2.05) is 62.4 Å². The summed E-state index contributed by atoms with van der Waals surface area (Å²) in [4.78, 5) is 40.3. The number of benzene rings is 3. The van der Waals surface area contributed by atoms with Crippen LogP contribution in [0.2, 0.25) is 0 Å². The summed E-state index contributed by atoms with van der Waals surface area (Å²) >= 11 is 0. The molecular weight excluding hydrogens is 522 g/mol. The van der Waals surface area contributed by atoms with Crippen LogP contribution in [-0.4, -0.2) is 63.7 Å². The zero-order chi connectivity index (χ0) is 29.5. The molecular formula is C30H33N7O4. The van der Waals surface area contributed by atoms with E-state index in [0.717, 1.165) is 27.9 Å². The molecule has 212 valence electrons. The number of carbonyl (C=O) groups is 3. The highest BCUT2D eigenvalue weighted by Gasteiger charge is 2.48. The standard InChI is InChI=1S/C30H33N7O4/c1-17-14-18(2)16-21(15-17)33-28(39)32-20-8-6-19(7-9-20)22-10-11-23(25-24(22)26(31)35-34-25)41-13-12-37-27(38)30(3,4)36(5)29(37)40/h6-11,14-16H,12-13H2,1-5H3,(H3,31,34,35)(H2,32,33,39). The Hall–Kier alpha value is -5.06. The van der Waals surface area contributed by atoms with Crippen LogP contribution in [0.25, 0.3) is 22.0 Å². The van der Waals surface area contributed by atoms with E-state index in [1.54, 1.807) is 27.0 Å². The van der Waals surface area contributed by atoms with Crippen molar-refractivity contribution in [2.24, 2.45) is 0 Å². The smallest absolute Gasteiger partial charge is 0.327 e. The summed E-state index contributed by atoms with van der Waals surface area (Å²) in [5.41, 5.74) is 11.1. The number of likely N-dealkylation sites (N-methyl/N-ethyl adjacent to an activating group) is 1. The van der Waals surface area contributed by atoms with Gasteiger partial charge in [0.1, 0.15) is 23.4 Å². The lowest BCUT2D eigenvalue weighted by molar-refractivity contribution is -0.131. The van der Waals surface area contributed by atoms with Crippen LogP contribution in [0.3, 0.4) is 0 Å². The number of nitrogens with two attached hydrogens (primary N) is 1. The van der Waals surface area contributed by atoms with Crippen molar-refractivity contribution in [3.05, 3.63) is 65.7 Å². The molecule has 11 nitrogen and oxygen atoms in total. The van der Waals surface area contributed by atoms with Gasteiger partial charge in [-0.1, -0.05) is 18.2 Å². The van der Waals surface area contributed by atoms with E-state index in [-0.39, 0.29) is 31.1 Å². The Labute approximate surface area is 237 Å². The fourth-order valence-electron chi connectivity index (χ4n) is 4.99. The van der Waals surface area contributed by atoms with Crippen LogP contribution in [-0.2, 0) is 4.79 Å². The zero-order valence-corrected chi connectivity index (χ0v) is 23.7. The summed E-state index contributed by atoms with van der Waals surface area (Å²) in [5.74, 6) is 0.547. The number of H-pyrrole nitrogens is 1. The third-order valence-corrected chi connectivity index (χ3v) is 7.34. The van der Waals surface area contributed by atoms with Crippen LogP contribution in [0.5, 0.6) is 5.75 Å². The van der Waals surface area contributed by atoms with Crippen molar-refractivity contribution in [3.8, 4) is 16.9 Å². The number of urea groups is 2. The lowest BCUT2D eigenvalue weighted by atomic mass is 10.0. The number of nitrogen functional groups attached to an aromatic ring is 1. The molecule has 1 aliphatic rings. The van der Waals surface area contributed by atoms with Gasteiger partial charge in [-0.25, -0.2) is 9.59 Å². The molecule has 5 amide bonds. The number of anilines is 3. The number of nitrogens with one attached hydrogen (secondary N) is 3. The average molecular weight is 556 g/mol. The third-order valence-electron chi connectivity index (χ3n) is 7.34. The summed E-state index contributed by atoms with van der Waals surface area (Å²) in [7, 11) is 1.61. The second kappa shape index (κ2) is 10.5. The lowest BCUT2D eigenvalue weighted by Gasteiger charge is -2.22. The highest BCUT2D eigenvalue weighted by atomic mass is 16.5. The molecule has 2 heterocycles. The third kappa shape index (κ3) is 5.25. The molecule has 0 bridgehead atoms. The number of imide groups is 1. The Morgan fingerprint density at radius 1 is 1.00 bits per heavy atom. The molecule has 41 heavy (non-hydrogen) atoms. The predicted molar refractivity (Wildman–Crippen MR) is 159 cm³/mol. The van der Waals surface area contributed by atoms with Gasteiger partial charge in [-0.05, 0) is 86.3 Å². The van der Waals surface area contributed by atoms with Crippen molar-refractivity contribution in [1.82, 2.24) is 20.0 Å². The van der Waals surface area contributed by atoms with Crippen LogP contribution in [0.15, 0.2) is 54.6 Å². The number of hydrogen-bond donors (Lipinski definition) is 4. The quantitative estimate of drug-likeness (QED) is 0.233. The summed E-state index contributed by atoms with van der Waals surface area (Å²) in [6.07, 6.45) is 0. The van der Waals surface area contributed by atoms with Gasteiger partial charge in [-0.3, -0.25) is 14.8 Å². The molecule has 1 saturated heterocycles. The molecule has 1 fully saturated rings. The first-order valence-electron chi connectivity index (χ1n) is 13.2. The summed E-state index contributed by atoms with van der Waals surface area (Å²) in [6.45, 7) is 7.62. The van der Waals surface area contributed by atoms with Crippen LogP contribution < -0.4 is 21.1 Å². The van der Waals surface area contributed by atoms with E-state index >= 15 is 0 Å². The monoisotopic (exact) mass is 555 g/mol. The number of hydrogen-bond acceptors (Lipinski definition) is 6. The normalized spacial score (nSPS) is 14.6. The minimum atomic E-state index is -0.890. The van der Waals surface area contributed by atoms with E-state index in [4.69, 9.17) is 10.5 Å². The molecule has 0 saturated carbocycles. The zero-order valence-electron chi connectivity index (χ0n) is 23.7. The molecule has 0 aliphatic carbocycles. The maximum Gasteiger partial charge on any atom is 0.327 e. The van der Waals surface area contributed by atoms with Crippen LogP contribution in [0.4, 0.5) is 26.8 Å². The number of amides is 5. The Morgan fingerprint density at radius 3 is 2.29 bits per heavy atom. The first kappa shape index (κ1) is 27.5. The van der Waals surface area contributed by atoms with Crippen molar-refractivity contribution >= 4 is 46.1 Å². The van der Waals surface area contributed by atoms with Crippen molar-refractivity contribution in [3.63, 3.8) is 0 Å². The summed E-state index contributed by atoms with van der Waals surface area (Å²) in [6, 6.07) is 16.2. The van der Waals surface area contributed by atoms with Crippen LogP contribution in [0, 0.1) is 13.8 Å². The molecule has 0 unspecified atom stereocenters. The number of fused-ring (bicyclic) bond motifs is 1. The second-order valence-electron chi connectivity index (χ2n) is 10.7. The second-order valence-corrected chi connectivity index (χ2v) is 10.7. The van der Waals surface area contributed by atoms with Gasteiger partial charge < -0.3 is 26.0 Å². The lowest BCUT2D eigenvalue weighted by Crippen LogP contribution is -2.41. The predicted octanol–water partition coefficient (Wildman–Crippen LogP) is 5.12. The van der Waals surface area contributed by atoms with Gasteiger partial charge in [0.05, 0.1) is 11.9 Å². The molecule has 1 aromatic heterocycles. The molecule has 1 aliphatic heterocycles. The van der Waals surface area contributed by atoms with Gasteiger partial charge in [0, 0.05) is 18.4 Å². The van der Waals surface area contributed by atoms with E-state index in [1.165, 1.54) is 9.80 Å². The Balaban J connectivity index is 1.28. The number of nitrogens with zero attached hydrogens (tertiary/aromatic N) is 3. The molecule has 3 aromatic carbocycles. The number of ether oxygens (including phenoxy) is 1. The van der Waals surface area contributed by atoms with E-state index in [9.17, 15) is 14.4 Å².